The lowest BCUT2D eigenvalue weighted by Gasteiger charge is -2.13. The first-order valence-electron chi connectivity index (χ1n) is 4.54. The Kier molecular flexibility index (Phi) is 3.62. The largest absolute Gasteiger partial charge is 0.381 e. The normalized spacial score (nSPS) is 26.8. The second kappa shape index (κ2) is 4.33. The zero-order valence-electron chi connectivity index (χ0n) is 8.45. The fourth-order valence-corrected chi connectivity index (χ4v) is 1.57. The first-order valence-corrected chi connectivity index (χ1v) is 5.65. The lowest BCUT2D eigenvalue weighted by Crippen LogP contribution is -2.20. The summed E-state index contributed by atoms with van der Waals surface area (Å²) in [6.45, 7) is 7.30. The van der Waals surface area contributed by atoms with Gasteiger partial charge in [-0.1, -0.05) is 0 Å². The van der Waals surface area contributed by atoms with Gasteiger partial charge in [0, 0.05) is 18.7 Å². The molecule has 0 spiro atoms. The van der Waals surface area contributed by atoms with Crippen LogP contribution in [0.25, 0.3) is 0 Å². The summed E-state index contributed by atoms with van der Waals surface area (Å²) in [5, 5.41) is 0. The molecule has 1 aliphatic rings. The molecule has 2 atom stereocenters. The van der Waals surface area contributed by atoms with E-state index in [1.807, 2.05) is 20.8 Å². The fraction of sp³-hybridized carbons (Fsp3) is 0.889. The van der Waals surface area contributed by atoms with Crippen LogP contribution in [0.3, 0.4) is 0 Å². The molecule has 0 bridgehead atoms. The SMILES string of the molecule is CC(C)(C)S(=O)N=C[C@@H]1CCOC1. The molecular formula is C9H17NO2S. The molecule has 1 aliphatic heterocycles. The molecule has 0 N–H and O–H groups in total. The minimum Gasteiger partial charge on any atom is -0.381 e. The lowest BCUT2D eigenvalue weighted by molar-refractivity contribution is 0.193. The van der Waals surface area contributed by atoms with Crippen LogP contribution in [0.15, 0.2) is 4.40 Å². The second-order valence-corrected chi connectivity index (χ2v) is 6.17. The van der Waals surface area contributed by atoms with Gasteiger partial charge in [-0.3, -0.25) is 0 Å². The number of hydrogen-bond donors (Lipinski definition) is 0. The molecule has 1 saturated heterocycles. The molecule has 76 valence electrons. The molecule has 0 aromatic carbocycles. The third-order valence-corrected chi connectivity index (χ3v) is 3.22. The Morgan fingerprint density at radius 3 is 2.69 bits per heavy atom. The third-order valence-electron chi connectivity index (χ3n) is 1.86. The standard InChI is InChI=1S/C9H17NO2S/c1-9(2,3)13(11)10-6-8-4-5-12-7-8/h6,8H,4-5,7H2,1-3H3/t8-,13?/m0/s1. The van der Waals surface area contributed by atoms with Gasteiger partial charge < -0.3 is 4.74 Å². The third kappa shape index (κ3) is 3.56. The maximum Gasteiger partial charge on any atom is 0.144 e. The predicted molar refractivity (Wildman–Crippen MR) is 55.3 cm³/mol. The van der Waals surface area contributed by atoms with Crippen molar-refractivity contribution in [1.29, 1.82) is 0 Å². The van der Waals surface area contributed by atoms with Crippen LogP contribution < -0.4 is 0 Å². The smallest absolute Gasteiger partial charge is 0.144 e. The van der Waals surface area contributed by atoms with Crippen molar-refractivity contribution in [2.45, 2.75) is 31.9 Å². The summed E-state index contributed by atoms with van der Waals surface area (Å²) in [5.74, 6) is 0.367. The van der Waals surface area contributed by atoms with Crippen LogP contribution in [0.4, 0.5) is 0 Å². The Morgan fingerprint density at radius 2 is 2.23 bits per heavy atom. The van der Waals surface area contributed by atoms with Crippen LogP contribution in [-0.2, 0) is 15.7 Å². The van der Waals surface area contributed by atoms with E-state index >= 15 is 0 Å². The summed E-state index contributed by atoms with van der Waals surface area (Å²) in [5.41, 5.74) is 0. The summed E-state index contributed by atoms with van der Waals surface area (Å²) in [7, 11) is -1.12. The zero-order valence-corrected chi connectivity index (χ0v) is 9.26. The van der Waals surface area contributed by atoms with Crippen molar-refractivity contribution in [2.24, 2.45) is 10.3 Å². The first-order chi connectivity index (χ1) is 6.00. The van der Waals surface area contributed by atoms with E-state index in [-0.39, 0.29) is 4.75 Å². The molecule has 13 heavy (non-hydrogen) atoms. The molecule has 0 aromatic heterocycles. The summed E-state index contributed by atoms with van der Waals surface area (Å²) >= 11 is 0. The first kappa shape index (κ1) is 10.9. The fourth-order valence-electron chi connectivity index (χ4n) is 0.970. The summed E-state index contributed by atoms with van der Waals surface area (Å²) in [4.78, 5) is 0. The molecular weight excluding hydrogens is 186 g/mol. The summed E-state index contributed by atoms with van der Waals surface area (Å²) < 4.78 is 20.5. The van der Waals surface area contributed by atoms with Gasteiger partial charge in [0.05, 0.1) is 11.4 Å². The molecule has 0 aliphatic carbocycles. The van der Waals surface area contributed by atoms with Crippen LogP contribution in [0.2, 0.25) is 0 Å². The van der Waals surface area contributed by atoms with Gasteiger partial charge in [0.25, 0.3) is 0 Å². The van der Waals surface area contributed by atoms with Crippen LogP contribution in [-0.4, -0.2) is 28.4 Å². The molecule has 0 amide bonds. The summed E-state index contributed by atoms with van der Waals surface area (Å²) in [6.07, 6.45) is 2.79. The quantitative estimate of drug-likeness (QED) is 0.639. The van der Waals surface area contributed by atoms with Crippen LogP contribution in [0, 0.1) is 5.92 Å². The van der Waals surface area contributed by atoms with Gasteiger partial charge in [-0.2, -0.15) is 4.40 Å². The van der Waals surface area contributed by atoms with E-state index in [2.05, 4.69) is 4.40 Å². The number of ether oxygens (including phenoxy) is 1. The van der Waals surface area contributed by atoms with Gasteiger partial charge in [-0.15, -0.1) is 0 Å². The van der Waals surface area contributed by atoms with Crippen LogP contribution in [0.1, 0.15) is 27.2 Å². The van der Waals surface area contributed by atoms with Crippen molar-refractivity contribution in [3.8, 4) is 0 Å². The Morgan fingerprint density at radius 1 is 1.54 bits per heavy atom. The van der Waals surface area contributed by atoms with E-state index in [1.54, 1.807) is 6.21 Å². The zero-order chi connectivity index (χ0) is 9.90. The van der Waals surface area contributed by atoms with Gasteiger partial charge in [0.1, 0.15) is 11.0 Å². The Hall–Kier alpha value is -0.220. The Labute approximate surface area is 82.2 Å². The van der Waals surface area contributed by atoms with Crippen molar-refractivity contribution in [2.75, 3.05) is 13.2 Å². The van der Waals surface area contributed by atoms with E-state index in [1.165, 1.54) is 0 Å². The van der Waals surface area contributed by atoms with Crippen LogP contribution >= 0.6 is 0 Å². The van der Waals surface area contributed by atoms with Crippen molar-refractivity contribution in [3.63, 3.8) is 0 Å². The number of hydrogen-bond acceptors (Lipinski definition) is 2. The number of nitrogens with zero attached hydrogens (tertiary/aromatic N) is 1. The molecule has 1 fully saturated rings. The lowest BCUT2D eigenvalue weighted by atomic mass is 10.1. The summed E-state index contributed by atoms with van der Waals surface area (Å²) in [6, 6.07) is 0. The molecule has 1 rings (SSSR count). The van der Waals surface area contributed by atoms with Crippen molar-refractivity contribution < 1.29 is 8.95 Å². The average molecular weight is 203 g/mol. The minimum atomic E-state index is -1.12. The van der Waals surface area contributed by atoms with E-state index in [0.717, 1.165) is 19.6 Å². The van der Waals surface area contributed by atoms with E-state index in [9.17, 15) is 4.21 Å². The molecule has 3 nitrogen and oxygen atoms in total. The van der Waals surface area contributed by atoms with Gasteiger partial charge >= 0.3 is 0 Å². The van der Waals surface area contributed by atoms with Crippen LogP contribution in [0.5, 0.6) is 0 Å². The molecule has 0 radical (unpaired) electrons. The van der Waals surface area contributed by atoms with Gasteiger partial charge in [0.15, 0.2) is 0 Å². The highest BCUT2D eigenvalue weighted by molar-refractivity contribution is 7.85. The van der Waals surface area contributed by atoms with Crippen molar-refractivity contribution >= 4 is 17.2 Å². The minimum absolute atomic E-state index is 0.254. The second-order valence-electron chi connectivity index (χ2n) is 4.24. The highest BCUT2D eigenvalue weighted by Gasteiger charge is 2.19. The van der Waals surface area contributed by atoms with Crippen molar-refractivity contribution in [3.05, 3.63) is 0 Å². The van der Waals surface area contributed by atoms with Gasteiger partial charge in [-0.05, 0) is 27.2 Å². The monoisotopic (exact) mass is 203 g/mol. The van der Waals surface area contributed by atoms with Gasteiger partial charge in [-0.25, -0.2) is 4.21 Å². The Bertz CT molecular complexity index is 214. The van der Waals surface area contributed by atoms with Crippen molar-refractivity contribution in [1.82, 2.24) is 0 Å². The topological polar surface area (TPSA) is 38.7 Å². The highest BCUT2D eigenvalue weighted by atomic mass is 32.2. The Balaban J connectivity index is 2.43. The molecule has 1 heterocycles. The molecule has 1 unspecified atom stereocenters. The van der Waals surface area contributed by atoms with E-state index in [0.29, 0.717) is 5.92 Å². The van der Waals surface area contributed by atoms with Gasteiger partial charge in [0.2, 0.25) is 0 Å². The molecule has 0 aromatic rings. The molecule has 4 heteroatoms. The van der Waals surface area contributed by atoms with E-state index < -0.39 is 11.0 Å². The predicted octanol–water partition coefficient (Wildman–Crippen LogP) is 1.56. The maximum atomic E-state index is 11.5. The number of rotatable bonds is 2. The maximum absolute atomic E-state index is 11.5. The highest BCUT2D eigenvalue weighted by Crippen LogP contribution is 2.14. The van der Waals surface area contributed by atoms with E-state index in [4.69, 9.17) is 4.74 Å². The average Bonchev–Trinajstić information content (AvgIpc) is 2.50. The molecule has 0 saturated carbocycles.